The fraction of sp³-hybridized carbons (Fsp3) is 0.500. The highest BCUT2D eigenvalue weighted by Crippen LogP contribution is 2.30. The Kier molecular flexibility index (Phi) is 8.97. The quantitative estimate of drug-likeness (QED) is 0.542. The number of thioether (sulfide) groups is 1. The summed E-state index contributed by atoms with van der Waals surface area (Å²) in [7, 11) is 1.60. The van der Waals surface area contributed by atoms with Crippen LogP contribution in [0.2, 0.25) is 0 Å². The summed E-state index contributed by atoms with van der Waals surface area (Å²) < 4.78 is 13.0. The van der Waals surface area contributed by atoms with Gasteiger partial charge in [0.2, 0.25) is 11.8 Å². The van der Waals surface area contributed by atoms with Gasteiger partial charge in [0, 0.05) is 24.8 Å². The minimum absolute atomic E-state index is 0.0621. The molecular formula is C20H29N5O4S. The molecular weight excluding hydrogens is 406 g/mol. The predicted octanol–water partition coefficient (Wildman–Crippen LogP) is 2.85. The van der Waals surface area contributed by atoms with E-state index in [1.807, 2.05) is 32.3 Å². The van der Waals surface area contributed by atoms with Crippen LogP contribution in [0.15, 0.2) is 29.7 Å². The number of nitrogens with zero attached hydrogens (tertiary/aromatic N) is 4. The Hall–Kier alpha value is -2.75. The summed E-state index contributed by atoms with van der Waals surface area (Å²) in [5.74, 6) is 0.887. The number of hydrogen-bond acceptors (Lipinski definition) is 7. The van der Waals surface area contributed by atoms with Crippen LogP contribution in [0.1, 0.15) is 33.7 Å². The van der Waals surface area contributed by atoms with E-state index in [0.29, 0.717) is 35.6 Å². The van der Waals surface area contributed by atoms with Gasteiger partial charge in [-0.3, -0.25) is 9.59 Å². The van der Waals surface area contributed by atoms with E-state index in [1.165, 1.54) is 16.7 Å². The van der Waals surface area contributed by atoms with E-state index in [9.17, 15) is 9.59 Å². The van der Waals surface area contributed by atoms with Gasteiger partial charge in [-0.05, 0) is 39.8 Å². The molecule has 0 fully saturated rings. The highest BCUT2D eigenvalue weighted by Gasteiger charge is 2.16. The Morgan fingerprint density at radius 2 is 1.90 bits per heavy atom. The Bertz CT molecular complexity index is 855. The molecule has 0 bridgehead atoms. The van der Waals surface area contributed by atoms with Crippen molar-refractivity contribution >= 4 is 29.3 Å². The molecule has 0 atom stereocenters. The molecule has 164 valence electrons. The van der Waals surface area contributed by atoms with Gasteiger partial charge in [0.25, 0.3) is 0 Å². The average molecular weight is 436 g/mol. The van der Waals surface area contributed by atoms with Crippen molar-refractivity contribution in [1.29, 1.82) is 0 Å². The SMILES string of the molecule is CCOc1ccc(NC(=O)CN(C)C(=O)CSc2nncn2C(C)C)cc1OCC. The van der Waals surface area contributed by atoms with Gasteiger partial charge >= 0.3 is 0 Å². The minimum atomic E-state index is -0.298. The van der Waals surface area contributed by atoms with Crippen molar-refractivity contribution in [2.75, 3.05) is 37.9 Å². The van der Waals surface area contributed by atoms with Crippen molar-refractivity contribution in [2.24, 2.45) is 0 Å². The second-order valence-electron chi connectivity index (χ2n) is 6.73. The van der Waals surface area contributed by atoms with Crippen LogP contribution in [0.3, 0.4) is 0 Å². The number of ether oxygens (including phenoxy) is 2. The molecule has 1 heterocycles. The molecule has 0 unspecified atom stereocenters. The van der Waals surface area contributed by atoms with Crippen molar-refractivity contribution in [3.05, 3.63) is 24.5 Å². The van der Waals surface area contributed by atoms with Crippen LogP contribution in [0.25, 0.3) is 0 Å². The van der Waals surface area contributed by atoms with Crippen LogP contribution in [0.4, 0.5) is 5.69 Å². The Morgan fingerprint density at radius 3 is 2.57 bits per heavy atom. The molecule has 10 heteroatoms. The average Bonchev–Trinajstić information content (AvgIpc) is 3.17. The lowest BCUT2D eigenvalue weighted by atomic mass is 10.2. The van der Waals surface area contributed by atoms with Gasteiger partial charge in [-0.1, -0.05) is 11.8 Å². The Labute approximate surface area is 181 Å². The number of amides is 2. The molecule has 0 aliphatic carbocycles. The van der Waals surface area contributed by atoms with E-state index in [1.54, 1.807) is 31.6 Å². The van der Waals surface area contributed by atoms with E-state index in [4.69, 9.17) is 9.47 Å². The zero-order chi connectivity index (χ0) is 22.1. The van der Waals surface area contributed by atoms with Crippen LogP contribution in [-0.4, -0.2) is 64.0 Å². The maximum atomic E-state index is 12.4. The fourth-order valence-electron chi connectivity index (χ4n) is 2.56. The van der Waals surface area contributed by atoms with Crippen molar-refractivity contribution in [3.8, 4) is 11.5 Å². The van der Waals surface area contributed by atoms with Gasteiger partial charge in [-0.2, -0.15) is 0 Å². The van der Waals surface area contributed by atoms with Crippen LogP contribution >= 0.6 is 11.8 Å². The third-order valence-corrected chi connectivity index (χ3v) is 5.00. The minimum Gasteiger partial charge on any atom is -0.490 e. The molecule has 2 amide bonds. The third-order valence-electron chi connectivity index (χ3n) is 4.05. The molecule has 1 N–H and O–H groups in total. The maximum absolute atomic E-state index is 12.4. The van der Waals surface area contributed by atoms with Crippen molar-refractivity contribution in [3.63, 3.8) is 0 Å². The standard InChI is InChI=1S/C20H29N5O4S/c1-6-28-16-9-8-15(10-17(16)29-7-2)22-18(26)11-24(5)19(27)12-30-20-23-21-13-25(20)14(3)4/h8-10,13-14H,6-7,11-12H2,1-5H3,(H,22,26). The summed E-state index contributed by atoms with van der Waals surface area (Å²) in [4.78, 5) is 26.2. The first-order valence-electron chi connectivity index (χ1n) is 9.81. The lowest BCUT2D eigenvalue weighted by Gasteiger charge is -2.17. The van der Waals surface area contributed by atoms with E-state index < -0.39 is 0 Å². The van der Waals surface area contributed by atoms with E-state index >= 15 is 0 Å². The van der Waals surface area contributed by atoms with E-state index in [2.05, 4.69) is 15.5 Å². The molecule has 2 aromatic rings. The van der Waals surface area contributed by atoms with E-state index in [0.717, 1.165) is 0 Å². The van der Waals surface area contributed by atoms with Crippen LogP contribution in [-0.2, 0) is 9.59 Å². The smallest absolute Gasteiger partial charge is 0.243 e. The van der Waals surface area contributed by atoms with Gasteiger partial charge in [0.15, 0.2) is 16.7 Å². The van der Waals surface area contributed by atoms with E-state index in [-0.39, 0.29) is 30.2 Å². The summed E-state index contributed by atoms with van der Waals surface area (Å²) in [5.41, 5.74) is 0.576. The molecule has 0 aliphatic rings. The molecule has 30 heavy (non-hydrogen) atoms. The topological polar surface area (TPSA) is 98.6 Å². The first-order chi connectivity index (χ1) is 14.3. The second kappa shape index (κ2) is 11.4. The number of aromatic nitrogens is 3. The monoisotopic (exact) mass is 435 g/mol. The first-order valence-corrected chi connectivity index (χ1v) is 10.8. The number of hydrogen-bond donors (Lipinski definition) is 1. The molecule has 1 aromatic heterocycles. The maximum Gasteiger partial charge on any atom is 0.243 e. The molecule has 9 nitrogen and oxygen atoms in total. The third kappa shape index (κ3) is 6.65. The van der Waals surface area contributed by atoms with Gasteiger partial charge in [0.1, 0.15) is 6.33 Å². The number of rotatable bonds is 11. The largest absolute Gasteiger partial charge is 0.490 e. The normalized spacial score (nSPS) is 10.7. The molecule has 0 aliphatic heterocycles. The summed E-state index contributed by atoms with van der Waals surface area (Å²) in [5, 5.41) is 11.4. The first kappa shape index (κ1) is 23.5. The lowest BCUT2D eigenvalue weighted by Crippen LogP contribution is -2.36. The molecule has 0 spiro atoms. The highest BCUT2D eigenvalue weighted by atomic mass is 32.2. The summed E-state index contributed by atoms with van der Waals surface area (Å²) in [6, 6.07) is 5.40. The highest BCUT2D eigenvalue weighted by molar-refractivity contribution is 7.99. The molecule has 0 radical (unpaired) electrons. The van der Waals surface area contributed by atoms with Gasteiger partial charge in [0.05, 0.1) is 25.5 Å². The van der Waals surface area contributed by atoms with Crippen LogP contribution < -0.4 is 14.8 Å². The van der Waals surface area contributed by atoms with Crippen molar-refractivity contribution in [2.45, 2.75) is 38.9 Å². The van der Waals surface area contributed by atoms with Crippen molar-refractivity contribution in [1.82, 2.24) is 19.7 Å². The Morgan fingerprint density at radius 1 is 1.20 bits per heavy atom. The number of carbonyl (C=O) groups is 2. The molecule has 1 aromatic carbocycles. The second-order valence-corrected chi connectivity index (χ2v) is 7.67. The Balaban J connectivity index is 1.89. The number of nitrogens with one attached hydrogen (secondary N) is 1. The zero-order valence-electron chi connectivity index (χ0n) is 18.0. The molecule has 0 saturated carbocycles. The van der Waals surface area contributed by atoms with Crippen LogP contribution in [0, 0.1) is 0 Å². The number of likely N-dealkylation sites (N-methyl/N-ethyl adjacent to an activating group) is 1. The predicted molar refractivity (Wildman–Crippen MR) is 116 cm³/mol. The molecule has 0 saturated heterocycles. The molecule has 2 rings (SSSR count). The summed E-state index contributed by atoms with van der Waals surface area (Å²) in [6.07, 6.45) is 1.64. The van der Waals surface area contributed by atoms with Gasteiger partial charge in [-0.15, -0.1) is 10.2 Å². The zero-order valence-corrected chi connectivity index (χ0v) is 18.9. The number of carbonyl (C=O) groups excluding carboxylic acids is 2. The van der Waals surface area contributed by atoms with Crippen LogP contribution in [0.5, 0.6) is 11.5 Å². The van der Waals surface area contributed by atoms with Gasteiger partial charge in [-0.25, -0.2) is 0 Å². The summed E-state index contributed by atoms with van der Waals surface area (Å²) >= 11 is 1.30. The van der Waals surface area contributed by atoms with Crippen molar-refractivity contribution < 1.29 is 19.1 Å². The van der Waals surface area contributed by atoms with Gasteiger partial charge < -0.3 is 24.3 Å². The summed E-state index contributed by atoms with van der Waals surface area (Å²) in [6.45, 7) is 8.74. The fourth-order valence-corrected chi connectivity index (χ4v) is 3.54. The lowest BCUT2D eigenvalue weighted by molar-refractivity contribution is -0.131. The number of anilines is 1. The number of benzene rings is 1.